The van der Waals surface area contributed by atoms with Gasteiger partial charge in [0.25, 0.3) is 0 Å². The summed E-state index contributed by atoms with van der Waals surface area (Å²) in [5.74, 6) is -0.440. The van der Waals surface area contributed by atoms with Gasteiger partial charge in [-0.3, -0.25) is 0 Å². The van der Waals surface area contributed by atoms with Crippen LogP contribution in [0.15, 0.2) is 42.5 Å². The molecule has 0 aliphatic heterocycles. The van der Waals surface area contributed by atoms with Gasteiger partial charge < -0.3 is 9.84 Å². The summed E-state index contributed by atoms with van der Waals surface area (Å²) in [6, 6.07) is 13.1. The van der Waals surface area contributed by atoms with E-state index in [9.17, 15) is 9.90 Å². The first-order chi connectivity index (χ1) is 11.2. The molecule has 0 aliphatic carbocycles. The summed E-state index contributed by atoms with van der Waals surface area (Å²) < 4.78 is 5.70. The number of halogens is 1. The lowest BCUT2D eigenvalue weighted by atomic mass is 9.87. The summed E-state index contributed by atoms with van der Waals surface area (Å²) in [6.07, 6.45) is -0.689. The van der Waals surface area contributed by atoms with Crippen LogP contribution in [0, 0.1) is 6.92 Å². The van der Waals surface area contributed by atoms with Crippen molar-refractivity contribution in [2.24, 2.45) is 0 Å². The standard InChI is InChI=1S/C20H23ClO3/c1-13-5-8-16(21)11-14(13)12-18(19(22)23)24-17-9-6-15(7-10-17)20(2,3)4/h5-11,18H,12H2,1-4H3,(H,22,23)/t18-/m1/s1. The second-order valence-electron chi connectivity index (χ2n) is 6.99. The van der Waals surface area contributed by atoms with Crippen LogP contribution >= 0.6 is 11.6 Å². The lowest BCUT2D eigenvalue weighted by Gasteiger charge is -2.20. The number of aryl methyl sites for hydroxylation is 1. The first kappa shape index (κ1) is 18.3. The molecule has 0 saturated heterocycles. The quantitative estimate of drug-likeness (QED) is 0.826. The molecule has 0 aromatic heterocycles. The van der Waals surface area contributed by atoms with Crippen LogP contribution in [0.1, 0.15) is 37.5 Å². The maximum Gasteiger partial charge on any atom is 0.345 e. The number of carbonyl (C=O) groups is 1. The fourth-order valence-electron chi connectivity index (χ4n) is 2.44. The number of hydrogen-bond donors (Lipinski definition) is 1. The van der Waals surface area contributed by atoms with Crippen molar-refractivity contribution in [2.45, 2.75) is 45.6 Å². The van der Waals surface area contributed by atoms with Crippen molar-refractivity contribution in [1.29, 1.82) is 0 Å². The lowest BCUT2D eigenvalue weighted by Crippen LogP contribution is -2.29. The van der Waals surface area contributed by atoms with Gasteiger partial charge in [-0.05, 0) is 53.3 Å². The molecule has 0 fully saturated rings. The van der Waals surface area contributed by atoms with Crippen molar-refractivity contribution < 1.29 is 14.6 Å². The molecular weight excluding hydrogens is 324 g/mol. The van der Waals surface area contributed by atoms with E-state index >= 15 is 0 Å². The molecule has 0 heterocycles. The van der Waals surface area contributed by atoms with Gasteiger partial charge in [0.1, 0.15) is 5.75 Å². The maximum absolute atomic E-state index is 11.6. The van der Waals surface area contributed by atoms with Gasteiger partial charge in [0.15, 0.2) is 6.10 Å². The van der Waals surface area contributed by atoms with Crippen molar-refractivity contribution in [3.63, 3.8) is 0 Å². The van der Waals surface area contributed by atoms with Crippen molar-refractivity contribution in [3.8, 4) is 5.75 Å². The smallest absolute Gasteiger partial charge is 0.345 e. The van der Waals surface area contributed by atoms with E-state index in [0.717, 1.165) is 11.1 Å². The Morgan fingerprint density at radius 2 is 1.79 bits per heavy atom. The summed E-state index contributed by atoms with van der Waals surface area (Å²) in [4.78, 5) is 11.6. The third-order valence-corrected chi connectivity index (χ3v) is 4.23. The van der Waals surface area contributed by atoms with Gasteiger partial charge in [-0.25, -0.2) is 4.79 Å². The molecule has 0 saturated carbocycles. The van der Waals surface area contributed by atoms with E-state index in [1.165, 1.54) is 5.56 Å². The molecule has 2 aromatic rings. The van der Waals surface area contributed by atoms with Gasteiger partial charge in [0.2, 0.25) is 0 Å². The van der Waals surface area contributed by atoms with Crippen molar-refractivity contribution in [1.82, 2.24) is 0 Å². The minimum Gasteiger partial charge on any atom is -0.478 e. The summed E-state index contributed by atoms with van der Waals surface area (Å²) in [7, 11) is 0. The zero-order valence-corrected chi connectivity index (χ0v) is 15.2. The molecule has 0 radical (unpaired) electrons. The largest absolute Gasteiger partial charge is 0.478 e. The van der Waals surface area contributed by atoms with Gasteiger partial charge in [-0.1, -0.05) is 50.6 Å². The number of carboxylic acid groups (broad SMARTS) is 1. The van der Waals surface area contributed by atoms with Crippen LogP contribution in [0.25, 0.3) is 0 Å². The van der Waals surface area contributed by atoms with Crippen LogP contribution < -0.4 is 4.74 Å². The van der Waals surface area contributed by atoms with Crippen LogP contribution in [0.5, 0.6) is 5.75 Å². The Hall–Kier alpha value is -2.00. The average molecular weight is 347 g/mol. The average Bonchev–Trinajstić information content (AvgIpc) is 2.49. The second-order valence-corrected chi connectivity index (χ2v) is 7.43. The molecule has 2 rings (SSSR count). The molecule has 4 heteroatoms. The molecule has 0 amide bonds. The zero-order valence-electron chi connectivity index (χ0n) is 14.5. The lowest BCUT2D eigenvalue weighted by molar-refractivity contribution is -0.145. The number of rotatable bonds is 5. The summed E-state index contributed by atoms with van der Waals surface area (Å²) in [5.41, 5.74) is 3.09. The van der Waals surface area contributed by atoms with E-state index in [4.69, 9.17) is 16.3 Å². The van der Waals surface area contributed by atoms with E-state index in [2.05, 4.69) is 20.8 Å². The van der Waals surface area contributed by atoms with E-state index in [1.54, 1.807) is 12.1 Å². The molecule has 2 aromatic carbocycles. The SMILES string of the molecule is Cc1ccc(Cl)cc1C[C@@H](Oc1ccc(C(C)(C)C)cc1)C(=O)O. The molecule has 3 nitrogen and oxygen atoms in total. The first-order valence-corrected chi connectivity index (χ1v) is 8.29. The Labute approximate surface area is 148 Å². The minimum absolute atomic E-state index is 0.0443. The number of ether oxygens (including phenoxy) is 1. The van der Waals surface area contributed by atoms with E-state index in [-0.39, 0.29) is 11.8 Å². The predicted octanol–water partition coefficient (Wildman–Crippen LogP) is 5.02. The third-order valence-electron chi connectivity index (χ3n) is 3.99. The van der Waals surface area contributed by atoms with Crippen LogP contribution in [-0.2, 0) is 16.6 Å². The fraction of sp³-hybridized carbons (Fsp3) is 0.350. The molecule has 1 atom stereocenters. The number of benzene rings is 2. The van der Waals surface area contributed by atoms with Gasteiger partial charge in [0.05, 0.1) is 0 Å². The highest BCUT2D eigenvalue weighted by Gasteiger charge is 2.21. The van der Waals surface area contributed by atoms with E-state index in [0.29, 0.717) is 10.8 Å². The molecular formula is C20H23ClO3. The molecule has 128 valence electrons. The molecule has 0 aliphatic rings. The van der Waals surface area contributed by atoms with Gasteiger partial charge in [-0.15, -0.1) is 0 Å². The van der Waals surface area contributed by atoms with Gasteiger partial charge in [0, 0.05) is 11.4 Å². The normalized spacial score (nSPS) is 12.7. The highest BCUT2D eigenvalue weighted by atomic mass is 35.5. The Kier molecular flexibility index (Phi) is 5.55. The van der Waals surface area contributed by atoms with Crippen LogP contribution in [0.4, 0.5) is 0 Å². The molecule has 0 unspecified atom stereocenters. The van der Waals surface area contributed by atoms with Crippen molar-refractivity contribution >= 4 is 17.6 Å². The second kappa shape index (κ2) is 7.27. The predicted molar refractivity (Wildman–Crippen MR) is 97.1 cm³/mol. The van der Waals surface area contributed by atoms with E-state index < -0.39 is 12.1 Å². The monoisotopic (exact) mass is 346 g/mol. The first-order valence-electron chi connectivity index (χ1n) is 7.92. The van der Waals surface area contributed by atoms with Crippen LogP contribution in [-0.4, -0.2) is 17.2 Å². The van der Waals surface area contributed by atoms with Gasteiger partial charge >= 0.3 is 5.97 Å². The minimum atomic E-state index is -0.991. The summed E-state index contributed by atoms with van der Waals surface area (Å²) >= 11 is 6.01. The zero-order chi connectivity index (χ0) is 17.9. The fourth-order valence-corrected chi connectivity index (χ4v) is 2.63. The third kappa shape index (κ3) is 4.75. The Morgan fingerprint density at radius 1 is 1.17 bits per heavy atom. The van der Waals surface area contributed by atoms with Crippen LogP contribution in [0.2, 0.25) is 5.02 Å². The molecule has 0 spiro atoms. The summed E-state index contributed by atoms with van der Waals surface area (Å²) in [6.45, 7) is 8.32. The Bertz CT molecular complexity index is 715. The molecule has 1 N–H and O–H groups in total. The van der Waals surface area contributed by atoms with Gasteiger partial charge in [-0.2, -0.15) is 0 Å². The highest BCUT2D eigenvalue weighted by Crippen LogP contribution is 2.25. The van der Waals surface area contributed by atoms with Crippen molar-refractivity contribution in [3.05, 3.63) is 64.2 Å². The number of aliphatic carboxylic acids is 1. The molecule has 0 bridgehead atoms. The number of hydrogen-bond acceptors (Lipinski definition) is 2. The maximum atomic E-state index is 11.6. The molecule has 24 heavy (non-hydrogen) atoms. The van der Waals surface area contributed by atoms with Crippen molar-refractivity contribution in [2.75, 3.05) is 0 Å². The number of carboxylic acids is 1. The Balaban J connectivity index is 2.17. The highest BCUT2D eigenvalue weighted by molar-refractivity contribution is 6.30. The van der Waals surface area contributed by atoms with E-state index in [1.807, 2.05) is 37.3 Å². The Morgan fingerprint density at radius 3 is 2.33 bits per heavy atom. The van der Waals surface area contributed by atoms with Crippen LogP contribution in [0.3, 0.4) is 0 Å². The summed E-state index contributed by atoms with van der Waals surface area (Å²) in [5, 5.41) is 10.1. The topological polar surface area (TPSA) is 46.5 Å².